The van der Waals surface area contributed by atoms with Crippen LogP contribution in [0.25, 0.3) is 0 Å². The van der Waals surface area contributed by atoms with Crippen LogP contribution in [-0.2, 0) is 6.54 Å². The average Bonchev–Trinajstić information content (AvgIpc) is 3.18. The molecule has 0 bridgehead atoms. The van der Waals surface area contributed by atoms with Gasteiger partial charge in [-0.15, -0.1) is 0 Å². The standard InChI is InChI=1S/C17H16F3N5O/c1-10-15(22-16(26)14-7-8-21-25(14)17(19)20)11(2)24(23-10)9-12-3-5-13(18)6-4-12/h3-8,17H,9H2,1-2H3,(H,22,26). The first-order chi connectivity index (χ1) is 12.4. The topological polar surface area (TPSA) is 64.7 Å². The molecule has 0 aliphatic heterocycles. The number of hydrogen-bond acceptors (Lipinski definition) is 3. The summed E-state index contributed by atoms with van der Waals surface area (Å²) in [5.74, 6) is -1.03. The molecule has 1 aromatic carbocycles. The number of amides is 1. The Balaban J connectivity index is 1.82. The molecular weight excluding hydrogens is 347 g/mol. The zero-order chi connectivity index (χ0) is 18.8. The first-order valence-corrected chi connectivity index (χ1v) is 7.78. The first kappa shape index (κ1) is 17.7. The predicted molar refractivity (Wildman–Crippen MR) is 88.6 cm³/mol. The molecule has 0 radical (unpaired) electrons. The normalized spacial score (nSPS) is 11.2. The van der Waals surface area contributed by atoms with Crippen LogP contribution < -0.4 is 5.32 Å². The Morgan fingerprint density at radius 2 is 1.88 bits per heavy atom. The number of carbonyl (C=O) groups is 1. The second-order valence-electron chi connectivity index (χ2n) is 5.72. The third kappa shape index (κ3) is 3.46. The van der Waals surface area contributed by atoms with E-state index in [1.54, 1.807) is 30.7 Å². The highest BCUT2D eigenvalue weighted by atomic mass is 19.3. The monoisotopic (exact) mass is 363 g/mol. The van der Waals surface area contributed by atoms with Crippen LogP contribution in [0.3, 0.4) is 0 Å². The van der Waals surface area contributed by atoms with Crippen LogP contribution in [0.15, 0.2) is 36.5 Å². The number of benzene rings is 1. The lowest BCUT2D eigenvalue weighted by atomic mass is 10.2. The maximum atomic E-state index is 13.0. The van der Waals surface area contributed by atoms with Crippen molar-refractivity contribution >= 4 is 11.6 Å². The van der Waals surface area contributed by atoms with Gasteiger partial charge < -0.3 is 5.32 Å². The van der Waals surface area contributed by atoms with Crippen molar-refractivity contribution in [3.05, 3.63) is 65.0 Å². The van der Waals surface area contributed by atoms with Gasteiger partial charge in [0.15, 0.2) is 0 Å². The van der Waals surface area contributed by atoms with Gasteiger partial charge in [-0.05, 0) is 37.6 Å². The Morgan fingerprint density at radius 1 is 1.19 bits per heavy atom. The van der Waals surface area contributed by atoms with Crippen molar-refractivity contribution in [2.45, 2.75) is 26.9 Å². The van der Waals surface area contributed by atoms with Crippen LogP contribution >= 0.6 is 0 Å². The molecule has 6 nitrogen and oxygen atoms in total. The molecular formula is C17H16F3N5O. The minimum atomic E-state index is -2.91. The molecule has 1 N–H and O–H groups in total. The Hall–Kier alpha value is -3.10. The lowest BCUT2D eigenvalue weighted by Crippen LogP contribution is -2.19. The molecule has 2 aromatic heterocycles. The molecule has 2 heterocycles. The molecule has 136 valence electrons. The SMILES string of the molecule is Cc1nn(Cc2ccc(F)cc2)c(C)c1NC(=O)c1ccnn1C(F)F. The van der Waals surface area contributed by atoms with Crippen LogP contribution in [0.2, 0.25) is 0 Å². The molecule has 0 aliphatic carbocycles. The summed E-state index contributed by atoms with van der Waals surface area (Å²) in [5.41, 5.74) is 2.24. The van der Waals surface area contributed by atoms with E-state index in [2.05, 4.69) is 15.5 Å². The van der Waals surface area contributed by atoms with Crippen molar-refractivity contribution in [1.29, 1.82) is 0 Å². The fourth-order valence-corrected chi connectivity index (χ4v) is 2.62. The molecule has 3 rings (SSSR count). The smallest absolute Gasteiger partial charge is 0.317 e. The van der Waals surface area contributed by atoms with Crippen LogP contribution in [0.5, 0.6) is 0 Å². The van der Waals surface area contributed by atoms with Crippen molar-refractivity contribution in [2.24, 2.45) is 0 Å². The number of aromatic nitrogens is 4. The number of halogens is 3. The van der Waals surface area contributed by atoms with Crippen molar-refractivity contribution in [3.8, 4) is 0 Å². The van der Waals surface area contributed by atoms with Gasteiger partial charge in [-0.2, -0.15) is 23.7 Å². The second-order valence-corrected chi connectivity index (χ2v) is 5.72. The maximum Gasteiger partial charge on any atom is 0.333 e. The quantitative estimate of drug-likeness (QED) is 0.754. The van der Waals surface area contributed by atoms with Crippen LogP contribution in [0, 0.1) is 19.7 Å². The number of aryl methyl sites for hydroxylation is 1. The molecule has 0 fully saturated rings. The number of nitrogens with zero attached hydrogens (tertiary/aromatic N) is 4. The third-order valence-corrected chi connectivity index (χ3v) is 3.95. The van der Waals surface area contributed by atoms with E-state index in [1.165, 1.54) is 18.2 Å². The van der Waals surface area contributed by atoms with E-state index >= 15 is 0 Å². The molecule has 0 aliphatic rings. The summed E-state index contributed by atoms with van der Waals surface area (Å²) in [6.45, 7) is 0.935. The molecule has 0 atom stereocenters. The highest BCUT2D eigenvalue weighted by Crippen LogP contribution is 2.22. The summed E-state index contributed by atoms with van der Waals surface area (Å²) in [5, 5.41) is 10.4. The Bertz CT molecular complexity index is 931. The molecule has 0 saturated heterocycles. The molecule has 1 amide bonds. The molecule has 26 heavy (non-hydrogen) atoms. The number of rotatable bonds is 5. The van der Waals surface area contributed by atoms with Gasteiger partial charge in [-0.1, -0.05) is 12.1 Å². The summed E-state index contributed by atoms with van der Waals surface area (Å²) in [7, 11) is 0. The third-order valence-electron chi connectivity index (χ3n) is 3.95. The second kappa shape index (κ2) is 7.03. The van der Waals surface area contributed by atoms with Gasteiger partial charge in [0.1, 0.15) is 11.5 Å². The van der Waals surface area contributed by atoms with Crippen molar-refractivity contribution in [3.63, 3.8) is 0 Å². The van der Waals surface area contributed by atoms with E-state index in [0.717, 1.165) is 11.8 Å². The summed E-state index contributed by atoms with van der Waals surface area (Å²) in [6, 6.07) is 7.22. The lowest BCUT2D eigenvalue weighted by molar-refractivity contribution is 0.0520. The fourth-order valence-electron chi connectivity index (χ4n) is 2.62. The lowest BCUT2D eigenvalue weighted by Gasteiger charge is -2.09. The molecule has 0 spiro atoms. The minimum Gasteiger partial charge on any atom is -0.317 e. The van der Waals surface area contributed by atoms with Gasteiger partial charge in [0.2, 0.25) is 0 Å². The van der Waals surface area contributed by atoms with E-state index in [1.807, 2.05) is 0 Å². The predicted octanol–water partition coefficient (Wildman–Crippen LogP) is 3.53. The zero-order valence-corrected chi connectivity index (χ0v) is 14.1. The molecule has 3 aromatic rings. The van der Waals surface area contributed by atoms with Gasteiger partial charge in [-0.25, -0.2) is 4.39 Å². The number of carbonyl (C=O) groups excluding carboxylic acids is 1. The van der Waals surface area contributed by atoms with Crippen molar-refractivity contribution in [2.75, 3.05) is 5.32 Å². The average molecular weight is 363 g/mol. The van der Waals surface area contributed by atoms with Gasteiger partial charge >= 0.3 is 6.55 Å². The van der Waals surface area contributed by atoms with E-state index < -0.39 is 12.5 Å². The number of hydrogen-bond donors (Lipinski definition) is 1. The van der Waals surface area contributed by atoms with E-state index in [9.17, 15) is 18.0 Å². The van der Waals surface area contributed by atoms with Crippen LogP contribution in [-0.4, -0.2) is 25.5 Å². The highest BCUT2D eigenvalue weighted by molar-refractivity contribution is 6.03. The Labute approximate surface area is 147 Å². The molecule has 0 saturated carbocycles. The number of anilines is 1. The Morgan fingerprint density at radius 3 is 2.54 bits per heavy atom. The summed E-state index contributed by atoms with van der Waals surface area (Å²) < 4.78 is 40.8. The molecule has 9 heteroatoms. The number of nitrogens with one attached hydrogen (secondary N) is 1. The highest BCUT2D eigenvalue weighted by Gasteiger charge is 2.21. The number of alkyl halides is 2. The maximum absolute atomic E-state index is 13.0. The van der Waals surface area contributed by atoms with Crippen LogP contribution in [0.4, 0.5) is 18.9 Å². The molecule has 0 unspecified atom stereocenters. The van der Waals surface area contributed by atoms with E-state index in [4.69, 9.17) is 0 Å². The summed E-state index contributed by atoms with van der Waals surface area (Å²) in [6.07, 6.45) is 1.14. The first-order valence-electron chi connectivity index (χ1n) is 7.78. The summed E-state index contributed by atoms with van der Waals surface area (Å²) >= 11 is 0. The van der Waals surface area contributed by atoms with Gasteiger partial charge in [0.25, 0.3) is 5.91 Å². The fraction of sp³-hybridized carbons (Fsp3) is 0.235. The Kier molecular flexibility index (Phi) is 4.79. The van der Waals surface area contributed by atoms with Gasteiger partial charge in [-0.3, -0.25) is 9.48 Å². The van der Waals surface area contributed by atoms with Crippen molar-refractivity contribution in [1.82, 2.24) is 19.6 Å². The van der Waals surface area contributed by atoms with Gasteiger partial charge in [0.05, 0.1) is 23.6 Å². The van der Waals surface area contributed by atoms with E-state index in [0.29, 0.717) is 28.3 Å². The van der Waals surface area contributed by atoms with Gasteiger partial charge in [0, 0.05) is 6.20 Å². The summed E-state index contributed by atoms with van der Waals surface area (Å²) in [4.78, 5) is 12.3. The zero-order valence-electron chi connectivity index (χ0n) is 14.1. The van der Waals surface area contributed by atoms with Crippen molar-refractivity contribution < 1.29 is 18.0 Å². The van der Waals surface area contributed by atoms with E-state index in [-0.39, 0.29) is 11.5 Å². The largest absolute Gasteiger partial charge is 0.333 e. The van der Waals surface area contributed by atoms with Crippen LogP contribution in [0.1, 0.15) is 34.0 Å². The minimum absolute atomic E-state index is 0.245.